The van der Waals surface area contributed by atoms with Gasteiger partial charge in [0.2, 0.25) is 5.91 Å². The maximum absolute atomic E-state index is 12.6. The Labute approximate surface area is 155 Å². The van der Waals surface area contributed by atoms with Gasteiger partial charge in [-0.2, -0.15) is 5.26 Å². The summed E-state index contributed by atoms with van der Waals surface area (Å²) >= 11 is 1.38. The summed E-state index contributed by atoms with van der Waals surface area (Å²) in [6, 6.07) is 9.51. The van der Waals surface area contributed by atoms with Gasteiger partial charge in [0, 0.05) is 16.3 Å². The number of pyridine rings is 1. The number of carbonyl (C=O) groups is 1. The first kappa shape index (κ1) is 17.9. The number of fused-ring (bicyclic) bond motifs is 1. The molecule has 0 aliphatic heterocycles. The Morgan fingerprint density at radius 3 is 2.65 bits per heavy atom. The summed E-state index contributed by atoms with van der Waals surface area (Å²) < 4.78 is 1.49. The van der Waals surface area contributed by atoms with E-state index in [0.717, 1.165) is 32.5 Å². The predicted octanol–water partition coefficient (Wildman–Crippen LogP) is 3.81. The SMILES string of the molecule is Cc1sc(NC(=O)Cn2c(=O)cc(C)c3cccc(C)c32)c(C#N)c1C. The zero-order valence-corrected chi connectivity index (χ0v) is 16.0. The molecular formula is C20H19N3O2S. The van der Waals surface area contributed by atoms with E-state index in [1.807, 2.05) is 45.9 Å². The Balaban J connectivity index is 2.00. The lowest BCUT2D eigenvalue weighted by Crippen LogP contribution is -2.28. The molecule has 0 aliphatic rings. The van der Waals surface area contributed by atoms with E-state index in [0.29, 0.717) is 10.6 Å². The molecule has 0 spiro atoms. The van der Waals surface area contributed by atoms with Gasteiger partial charge in [-0.25, -0.2) is 0 Å². The third kappa shape index (κ3) is 3.02. The standard InChI is InChI=1S/C20H19N3O2S/c1-11-6-5-7-15-12(2)8-18(25)23(19(11)15)10-17(24)22-20-16(9-21)13(3)14(4)26-20/h5-8H,10H2,1-4H3,(H,22,24). The second kappa shape index (κ2) is 6.77. The summed E-state index contributed by atoms with van der Waals surface area (Å²) in [6.45, 7) is 7.50. The number of amides is 1. The molecule has 6 heteroatoms. The lowest BCUT2D eigenvalue weighted by molar-refractivity contribution is -0.116. The highest BCUT2D eigenvalue weighted by atomic mass is 32.1. The number of nitrogens with zero attached hydrogens (tertiary/aromatic N) is 2. The van der Waals surface area contributed by atoms with Crippen LogP contribution in [-0.2, 0) is 11.3 Å². The van der Waals surface area contributed by atoms with Gasteiger partial charge in [-0.15, -0.1) is 11.3 Å². The molecule has 0 fully saturated rings. The second-order valence-corrected chi connectivity index (χ2v) is 7.59. The Morgan fingerprint density at radius 1 is 1.23 bits per heavy atom. The summed E-state index contributed by atoms with van der Waals surface area (Å²) in [4.78, 5) is 26.1. The minimum absolute atomic E-state index is 0.0959. The van der Waals surface area contributed by atoms with Crippen molar-refractivity contribution >= 4 is 33.1 Å². The fraction of sp³-hybridized carbons (Fsp3) is 0.250. The van der Waals surface area contributed by atoms with E-state index in [4.69, 9.17) is 0 Å². The van der Waals surface area contributed by atoms with Gasteiger partial charge < -0.3 is 5.32 Å². The Bertz CT molecular complexity index is 1130. The van der Waals surface area contributed by atoms with Crippen LogP contribution in [0.4, 0.5) is 5.00 Å². The molecule has 2 aromatic heterocycles. The minimum Gasteiger partial charge on any atom is -0.315 e. The molecule has 1 amide bonds. The normalized spacial score (nSPS) is 10.7. The van der Waals surface area contributed by atoms with E-state index in [1.165, 1.54) is 15.9 Å². The summed E-state index contributed by atoms with van der Waals surface area (Å²) in [7, 11) is 0. The van der Waals surface area contributed by atoms with Crippen LogP contribution in [0.3, 0.4) is 0 Å². The van der Waals surface area contributed by atoms with Crippen LogP contribution in [-0.4, -0.2) is 10.5 Å². The number of aromatic nitrogens is 1. The fourth-order valence-electron chi connectivity index (χ4n) is 3.10. The van der Waals surface area contributed by atoms with Crippen molar-refractivity contribution < 1.29 is 4.79 Å². The highest BCUT2D eigenvalue weighted by molar-refractivity contribution is 7.16. The molecule has 3 aromatic rings. The smallest absolute Gasteiger partial charge is 0.251 e. The molecule has 132 valence electrons. The van der Waals surface area contributed by atoms with Crippen molar-refractivity contribution in [3.8, 4) is 6.07 Å². The molecule has 0 radical (unpaired) electrons. The van der Waals surface area contributed by atoms with Crippen molar-refractivity contribution in [3.63, 3.8) is 0 Å². The molecule has 0 aliphatic carbocycles. The third-order valence-electron chi connectivity index (χ3n) is 4.59. The van der Waals surface area contributed by atoms with Crippen LogP contribution >= 0.6 is 11.3 Å². The summed E-state index contributed by atoms with van der Waals surface area (Å²) in [5.74, 6) is -0.321. The van der Waals surface area contributed by atoms with Gasteiger partial charge in [0.05, 0.1) is 11.1 Å². The molecule has 3 rings (SSSR count). The average molecular weight is 365 g/mol. The topological polar surface area (TPSA) is 74.9 Å². The molecule has 1 N–H and O–H groups in total. The van der Waals surface area contributed by atoms with Crippen molar-refractivity contribution in [1.29, 1.82) is 5.26 Å². The van der Waals surface area contributed by atoms with Crippen molar-refractivity contribution in [3.05, 3.63) is 61.8 Å². The number of thiophene rings is 1. The van der Waals surface area contributed by atoms with Gasteiger partial charge in [0.15, 0.2) is 0 Å². The number of nitriles is 1. The first-order chi connectivity index (χ1) is 12.3. The first-order valence-corrected chi connectivity index (χ1v) is 9.04. The van der Waals surface area contributed by atoms with Gasteiger partial charge >= 0.3 is 0 Å². The van der Waals surface area contributed by atoms with Gasteiger partial charge in [0.1, 0.15) is 17.6 Å². The monoisotopic (exact) mass is 365 g/mol. The van der Waals surface area contributed by atoms with Crippen LogP contribution in [0, 0.1) is 39.0 Å². The molecule has 0 saturated heterocycles. The van der Waals surface area contributed by atoms with E-state index in [1.54, 1.807) is 6.07 Å². The zero-order chi connectivity index (χ0) is 19.0. The molecular weight excluding hydrogens is 346 g/mol. The molecule has 5 nitrogen and oxygen atoms in total. The Morgan fingerprint density at radius 2 is 1.96 bits per heavy atom. The van der Waals surface area contributed by atoms with E-state index >= 15 is 0 Å². The molecule has 26 heavy (non-hydrogen) atoms. The van der Waals surface area contributed by atoms with Crippen LogP contribution in [0.2, 0.25) is 0 Å². The zero-order valence-electron chi connectivity index (χ0n) is 15.1. The first-order valence-electron chi connectivity index (χ1n) is 8.23. The highest BCUT2D eigenvalue weighted by Gasteiger charge is 2.16. The summed E-state index contributed by atoms with van der Waals surface area (Å²) in [6.07, 6.45) is 0. The van der Waals surface area contributed by atoms with E-state index in [9.17, 15) is 14.9 Å². The highest BCUT2D eigenvalue weighted by Crippen LogP contribution is 2.31. The number of hydrogen-bond donors (Lipinski definition) is 1. The van der Waals surface area contributed by atoms with E-state index in [2.05, 4.69) is 11.4 Å². The van der Waals surface area contributed by atoms with Crippen molar-refractivity contribution in [2.45, 2.75) is 34.2 Å². The lowest BCUT2D eigenvalue weighted by Gasteiger charge is -2.14. The summed E-state index contributed by atoms with van der Waals surface area (Å²) in [5.41, 5.74) is 3.75. The van der Waals surface area contributed by atoms with Gasteiger partial charge in [0.25, 0.3) is 5.56 Å². The summed E-state index contributed by atoms with van der Waals surface area (Å²) in [5, 5.41) is 13.6. The largest absolute Gasteiger partial charge is 0.315 e. The van der Waals surface area contributed by atoms with Gasteiger partial charge in [-0.1, -0.05) is 18.2 Å². The second-order valence-electron chi connectivity index (χ2n) is 6.37. The molecule has 0 atom stereocenters. The molecule has 0 bridgehead atoms. The van der Waals surface area contributed by atoms with Gasteiger partial charge in [-0.3, -0.25) is 14.2 Å². The number of anilines is 1. The minimum atomic E-state index is -0.321. The van der Waals surface area contributed by atoms with Crippen molar-refractivity contribution in [2.75, 3.05) is 5.32 Å². The Kier molecular flexibility index (Phi) is 4.66. The number of carbonyl (C=O) groups excluding carboxylic acids is 1. The lowest BCUT2D eigenvalue weighted by atomic mass is 10.1. The van der Waals surface area contributed by atoms with Crippen LogP contribution in [0.1, 0.15) is 27.1 Å². The number of benzene rings is 1. The van der Waals surface area contributed by atoms with Crippen LogP contribution in [0.25, 0.3) is 10.9 Å². The molecule has 2 heterocycles. The molecule has 0 unspecified atom stereocenters. The molecule has 0 saturated carbocycles. The number of aryl methyl sites for hydroxylation is 3. The average Bonchev–Trinajstić information content (AvgIpc) is 2.85. The number of nitrogens with one attached hydrogen (secondary N) is 1. The van der Waals surface area contributed by atoms with Crippen LogP contribution in [0.15, 0.2) is 29.1 Å². The van der Waals surface area contributed by atoms with Crippen LogP contribution in [0.5, 0.6) is 0 Å². The maximum Gasteiger partial charge on any atom is 0.251 e. The van der Waals surface area contributed by atoms with Crippen molar-refractivity contribution in [1.82, 2.24) is 4.57 Å². The number of hydrogen-bond acceptors (Lipinski definition) is 4. The van der Waals surface area contributed by atoms with Gasteiger partial charge in [-0.05, 0) is 44.4 Å². The number of para-hydroxylation sites is 1. The van der Waals surface area contributed by atoms with E-state index < -0.39 is 0 Å². The van der Waals surface area contributed by atoms with Crippen molar-refractivity contribution in [2.24, 2.45) is 0 Å². The van der Waals surface area contributed by atoms with Crippen LogP contribution < -0.4 is 10.9 Å². The van der Waals surface area contributed by atoms with E-state index in [-0.39, 0.29) is 18.0 Å². The maximum atomic E-state index is 12.6. The quantitative estimate of drug-likeness (QED) is 0.767. The Hall–Kier alpha value is -2.91. The predicted molar refractivity (Wildman–Crippen MR) is 105 cm³/mol. The molecule has 1 aromatic carbocycles. The number of rotatable bonds is 3. The third-order valence-corrected chi connectivity index (χ3v) is 5.71. The fourth-order valence-corrected chi connectivity index (χ4v) is 4.13.